The Morgan fingerprint density at radius 2 is 1.81 bits per heavy atom. The summed E-state index contributed by atoms with van der Waals surface area (Å²) >= 11 is 0. The Morgan fingerprint density at radius 1 is 1.10 bits per heavy atom. The summed E-state index contributed by atoms with van der Waals surface area (Å²) in [6.07, 6.45) is -0.666. The number of amidine groups is 1. The van der Waals surface area contributed by atoms with E-state index in [9.17, 15) is 15.0 Å². The lowest BCUT2D eigenvalue weighted by Gasteiger charge is -2.34. The molecule has 2 aromatic carbocycles. The first-order chi connectivity index (χ1) is 14.7. The maximum Gasteiger partial charge on any atom is 0.286 e. The van der Waals surface area contributed by atoms with Crippen LogP contribution in [0.5, 0.6) is 23.0 Å². The van der Waals surface area contributed by atoms with Crippen LogP contribution in [0.25, 0.3) is 0 Å². The van der Waals surface area contributed by atoms with Crippen LogP contribution in [0.15, 0.2) is 35.4 Å². The molecule has 2 aliphatic rings. The van der Waals surface area contributed by atoms with Gasteiger partial charge in [-0.1, -0.05) is 13.8 Å². The van der Waals surface area contributed by atoms with E-state index in [4.69, 9.17) is 15.2 Å². The molecule has 0 bridgehead atoms. The minimum absolute atomic E-state index is 0.0102. The number of ether oxygens (including phenoxy) is 2. The fourth-order valence-electron chi connectivity index (χ4n) is 3.87. The minimum Gasteiger partial charge on any atom is -0.508 e. The van der Waals surface area contributed by atoms with Gasteiger partial charge in [-0.05, 0) is 43.5 Å². The summed E-state index contributed by atoms with van der Waals surface area (Å²) in [7, 11) is 0. The van der Waals surface area contributed by atoms with Crippen molar-refractivity contribution in [3.05, 3.63) is 41.5 Å². The molecule has 0 saturated heterocycles. The van der Waals surface area contributed by atoms with Crippen molar-refractivity contribution in [3.8, 4) is 23.0 Å². The number of hydrazone groups is 1. The van der Waals surface area contributed by atoms with Crippen molar-refractivity contribution in [1.82, 2.24) is 5.01 Å². The van der Waals surface area contributed by atoms with Gasteiger partial charge >= 0.3 is 0 Å². The number of phenols is 2. The van der Waals surface area contributed by atoms with Crippen molar-refractivity contribution in [2.75, 3.05) is 11.7 Å². The lowest BCUT2D eigenvalue weighted by molar-refractivity contribution is -0.112. The lowest BCUT2D eigenvalue weighted by atomic mass is 9.96. The van der Waals surface area contributed by atoms with Crippen LogP contribution >= 0.6 is 0 Å². The Kier molecular flexibility index (Phi) is 5.04. The molecule has 1 atom stereocenters. The van der Waals surface area contributed by atoms with Crippen LogP contribution < -0.4 is 20.1 Å². The van der Waals surface area contributed by atoms with Crippen LogP contribution in [0.1, 0.15) is 50.9 Å². The summed E-state index contributed by atoms with van der Waals surface area (Å²) in [4.78, 5) is 14.0. The number of hydrogen-bond donors (Lipinski definition) is 3. The van der Waals surface area contributed by atoms with E-state index < -0.39 is 12.1 Å². The van der Waals surface area contributed by atoms with E-state index in [1.54, 1.807) is 34.2 Å². The summed E-state index contributed by atoms with van der Waals surface area (Å²) in [5.74, 6) is 0.404. The standard InChI is InChI=1S/C22H26N4O5/c1-11(2)14-8-15(17(28)9-16(14)27)22-25(21(20(23)29)24-26(22)12(3)4)13-5-6-18-19(7-13)31-10-30-18/h5-9,11-12,22,27-28H,10H2,1-4H3,(H2,23,29). The third-order valence-corrected chi connectivity index (χ3v) is 5.39. The molecule has 0 radical (unpaired) electrons. The number of hydrogen-bond acceptors (Lipinski definition) is 8. The van der Waals surface area contributed by atoms with Gasteiger partial charge in [0.2, 0.25) is 12.6 Å². The first-order valence-corrected chi connectivity index (χ1v) is 10.1. The highest BCUT2D eigenvalue weighted by molar-refractivity contribution is 6.43. The van der Waals surface area contributed by atoms with E-state index >= 15 is 0 Å². The number of rotatable bonds is 5. The van der Waals surface area contributed by atoms with Gasteiger partial charge in [0.15, 0.2) is 17.7 Å². The lowest BCUT2D eigenvalue weighted by Crippen LogP contribution is -2.42. The van der Waals surface area contributed by atoms with E-state index in [2.05, 4.69) is 5.10 Å². The number of carbonyl (C=O) groups is 1. The summed E-state index contributed by atoms with van der Waals surface area (Å²) in [5, 5.41) is 27.3. The number of phenolic OH excluding ortho intramolecular Hbond substituents is 2. The smallest absolute Gasteiger partial charge is 0.286 e. The molecule has 0 saturated carbocycles. The molecule has 2 aromatic rings. The van der Waals surface area contributed by atoms with Gasteiger partial charge in [-0.3, -0.25) is 14.7 Å². The zero-order valence-corrected chi connectivity index (χ0v) is 17.9. The van der Waals surface area contributed by atoms with Crippen LogP contribution in [-0.2, 0) is 4.79 Å². The molecule has 1 unspecified atom stereocenters. The summed E-state index contributed by atoms with van der Waals surface area (Å²) in [6.45, 7) is 7.88. The average molecular weight is 426 g/mol. The molecular weight excluding hydrogens is 400 g/mol. The van der Waals surface area contributed by atoms with Gasteiger partial charge in [-0.25, -0.2) is 0 Å². The van der Waals surface area contributed by atoms with Crippen molar-refractivity contribution < 1.29 is 24.5 Å². The zero-order chi connectivity index (χ0) is 22.4. The van der Waals surface area contributed by atoms with Crippen LogP contribution in [-0.4, -0.2) is 39.8 Å². The molecular formula is C22H26N4O5. The van der Waals surface area contributed by atoms with Crippen molar-refractivity contribution in [2.45, 2.75) is 45.8 Å². The SMILES string of the molecule is CC(C)c1cc(C2N(c3ccc4c(c3)OCO4)C(C(N)=O)=NN2C(C)C)c(O)cc1O. The molecule has 31 heavy (non-hydrogen) atoms. The molecule has 0 aliphatic carbocycles. The van der Waals surface area contributed by atoms with Gasteiger partial charge < -0.3 is 25.4 Å². The average Bonchev–Trinajstić information content (AvgIpc) is 3.31. The van der Waals surface area contributed by atoms with Gasteiger partial charge in [0, 0.05) is 29.4 Å². The molecule has 1 amide bonds. The van der Waals surface area contributed by atoms with E-state index in [-0.39, 0.29) is 36.1 Å². The van der Waals surface area contributed by atoms with E-state index in [1.165, 1.54) is 6.07 Å². The van der Waals surface area contributed by atoms with E-state index in [0.717, 1.165) is 0 Å². The zero-order valence-electron chi connectivity index (χ0n) is 17.9. The van der Waals surface area contributed by atoms with Crippen LogP contribution in [0, 0.1) is 0 Å². The van der Waals surface area contributed by atoms with Gasteiger partial charge in [0.25, 0.3) is 5.91 Å². The highest BCUT2D eigenvalue weighted by Crippen LogP contribution is 2.45. The molecule has 4 N–H and O–H groups in total. The molecule has 9 heteroatoms. The monoisotopic (exact) mass is 426 g/mol. The predicted octanol–water partition coefficient (Wildman–Crippen LogP) is 2.98. The van der Waals surface area contributed by atoms with E-state index in [1.807, 2.05) is 27.7 Å². The molecule has 164 valence electrons. The summed E-state index contributed by atoms with van der Waals surface area (Å²) in [6, 6.07) is 8.23. The topological polar surface area (TPSA) is 121 Å². The Balaban J connectivity index is 1.91. The van der Waals surface area contributed by atoms with Gasteiger partial charge in [0.1, 0.15) is 11.5 Å². The normalized spacial score (nSPS) is 17.6. The number of amides is 1. The van der Waals surface area contributed by atoms with Crippen molar-refractivity contribution >= 4 is 17.4 Å². The Labute approximate surface area is 180 Å². The van der Waals surface area contributed by atoms with Crippen LogP contribution in [0.3, 0.4) is 0 Å². The maximum absolute atomic E-state index is 12.3. The number of benzene rings is 2. The van der Waals surface area contributed by atoms with Crippen molar-refractivity contribution in [1.29, 1.82) is 0 Å². The number of nitrogens with two attached hydrogens (primary N) is 1. The predicted molar refractivity (Wildman–Crippen MR) is 115 cm³/mol. The molecule has 0 fully saturated rings. The molecule has 0 aromatic heterocycles. The number of anilines is 1. The fourth-order valence-corrected chi connectivity index (χ4v) is 3.87. The largest absolute Gasteiger partial charge is 0.508 e. The highest BCUT2D eigenvalue weighted by Gasteiger charge is 2.42. The molecule has 4 rings (SSSR count). The second kappa shape index (κ2) is 7.57. The first kappa shape index (κ1) is 20.6. The van der Waals surface area contributed by atoms with Gasteiger partial charge in [-0.15, -0.1) is 0 Å². The Bertz CT molecular complexity index is 1070. The number of primary amides is 1. The highest BCUT2D eigenvalue weighted by atomic mass is 16.7. The Morgan fingerprint density at radius 3 is 2.45 bits per heavy atom. The molecule has 0 spiro atoms. The second-order valence-electron chi connectivity index (χ2n) is 8.17. The van der Waals surface area contributed by atoms with Gasteiger partial charge in [0.05, 0.1) is 0 Å². The number of fused-ring (bicyclic) bond motifs is 1. The third kappa shape index (κ3) is 3.45. The minimum atomic E-state index is -0.701. The van der Waals surface area contributed by atoms with Gasteiger partial charge in [-0.2, -0.15) is 5.10 Å². The van der Waals surface area contributed by atoms with E-state index in [0.29, 0.717) is 28.3 Å². The molecule has 2 heterocycles. The van der Waals surface area contributed by atoms with Crippen LogP contribution in [0.2, 0.25) is 0 Å². The number of aromatic hydroxyl groups is 2. The van der Waals surface area contributed by atoms with Crippen LogP contribution in [0.4, 0.5) is 5.69 Å². The number of nitrogens with zero attached hydrogens (tertiary/aromatic N) is 3. The molecule has 2 aliphatic heterocycles. The Hall–Kier alpha value is -3.62. The number of carbonyl (C=O) groups excluding carboxylic acids is 1. The summed E-state index contributed by atoms with van der Waals surface area (Å²) in [5.41, 5.74) is 7.46. The fraction of sp³-hybridized carbons (Fsp3) is 0.364. The quantitative estimate of drug-likeness (QED) is 0.672. The first-order valence-electron chi connectivity index (χ1n) is 10.1. The maximum atomic E-state index is 12.3. The summed E-state index contributed by atoms with van der Waals surface area (Å²) < 4.78 is 10.9. The van der Waals surface area contributed by atoms with Crippen molar-refractivity contribution in [2.24, 2.45) is 10.8 Å². The third-order valence-electron chi connectivity index (χ3n) is 5.39. The second-order valence-corrected chi connectivity index (χ2v) is 8.17. The van der Waals surface area contributed by atoms with Crippen molar-refractivity contribution in [3.63, 3.8) is 0 Å². The molecule has 9 nitrogen and oxygen atoms in total.